The first-order valence-electron chi connectivity index (χ1n) is 4.99. The molecule has 0 unspecified atom stereocenters. The molecule has 0 fully saturated rings. The Morgan fingerprint density at radius 3 is 2.68 bits per heavy atom. The first-order valence-corrected chi connectivity index (χ1v) is 5.37. The van der Waals surface area contributed by atoms with Crippen LogP contribution >= 0.6 is 11.6 Å². The molecular formula is C11H8ClF3N2O2. The lowest BCUT2D eigenvalue weighted by molar-refractivity contribution is -0.136. The third kappa shape index (κ3) is 5.59. The van der Waals surface area contributed by atoms with Crippen molar-refractivity contribution in [2.24, 2.45) is 0 Å². The van der Waals surface area contributed by atoms with E-state index in [-0.39, 0.29) is 16.3 Å². The predicted molar refractivity (Wildman–Crippen MR) is 60.7 cm³/mol. The first kappa shape index (κ1) is 15.3. The molecule has 0 saturated heterocycles. The molecule has 0 spiro atoms. The number of benzene rings is 1. The van der Waals surface area contributed by atoms with Crippen molar-refractivity contribution in [3.05, 3.63) is 28.8 Å². The Balaban J connectivity index is 2.49. The van der Waals surface area contributed by atoms with Gasteiger partial charge in [0.05, 0.1) is 23.7 Å². The molecule has 8 heteroatoms. The zero-order chi connectivity index (χ0) is 14.5. The van der Waals surface area contributed by atoms with Crippen LogP contribution < -0.4 is 10.1 Å². The molecule has 0 atom stereocenters. The molecule has 4 nitrogen and oxygen atoms in total. The lowest BCUT2D eigenvalue weighted by Crippen LogP contribution is -2.34. The van der Waals surface area contributed by atoms with Gasteiger partial charge in [-0.3, -0.25) is 10.1 Å². The predicted octanol–water partition coefficient (Wildman–Crippen LogP) is 2.27. The van der Waals surface area contributed by atoms with E-state index in [0.717, 1.165) is 0 Å². The highest BCUT2D eigenvalue weighted by Gasteiger charge is 2.26. The normalized spacial score (nSPS) is 10.9. The maximum absolute atomic E-state index is 11.8. The third-order valence-electron chi connectivity index (χ3n) is 1.89. The fourth-order valence-electron chi connectivity index (χ4n) is 1.12. The summed E-state index contributed by atoms with van der Waals surface area (Å²) >= 11 is 5.70. The minimum absolute atomic E-state index is 0.0582. The van der Waals surface area contributed by atoms with Gasteiger partial charge in [-0.25, -0.2) is 0 Å². The van der Waals surface area contributed by atoms with E-state index in [1.165, 1.54) is 18.2 Å². The second-order valence-electron chi connectivity index (χ2n) is 3.45. The summed E-state index contributed by atoms with van der Waals surface area (Å²) in [4.78, 5) is 11.2. The van der Waals surface area contributed by atoms with Crippen molar-refractivity contribution in [1.29, 1.82) is 5.26 Å². The third-order valence-corrected chi connectivity index (χ3v) is 2.20. The lowest BCUT2D eigenvalue weighted by Gasteiger charge is -2.08. The highest BCUT2D eigenvalue weighted by molar-refractivity contribution is 6.31. The molecule has 102 valence electrons. The molecule has 0 bridgehead atoms. The van der Waals surface area contributed by atoms with Gasteiger partial charge in [-0.15, -0.1) is 0 Å². The number of nitriles is 1. The van der Waals surface area contributed by atoms with Crippen LogP contribution in [0.25, 0.3) is 0 Å². The summed E-state index contributed by atoms with van der Waals surface area (Å²) in [7, 11) is 0. The summed E-state index contributed by atoms with van der Waals surface area (Å²) in [6.45, 7) is -1.87. The molecule has 0 heterocycles. The number of carbonyl (C=O) groups is 1. The molecule has 0 saturated carbocycles. The van der Waals surface area contributed by atoms with Crippen molar-refractivity contribution < 1.29 is 22.7 Å². The highest BCUT2D eigenvalue weighted by Crippen LogP contribution is 2.21. The second-order valence-corrected chi connectivity index (χ2v) is 3.85. The van der Waals surface area contributed by atoms with Crippen LogP contribution in [0.3, 0.4) is 0 Å². The Hall–Kier alpha value is -1.78. The molecular weight excluding hydrogens is 285 g/mol. The van der Waals surface area contributed by atoms with Crippen molar-refractivity contribution in [2.45, 2.75) is 6.18 Å². The fourth-order valence-corrected chi connectivity index (χ4v) is 1.34. The number of carbonyl (C=O) groups excluding carboxylic acids is 1. The molecule has 0 aliphatic carbocycles. The standard InChI is InChI=1S/C11H8ClF3N2O2/c12-9-3-8(2-1-7(9)4-16)19-10(18)5-17-6-11(13,14)15/h1-3,17H,5-6H2. The van der Waals surface area contributed by atoms with E-state index < -0.39 is 25.2 Å². The Labute approximate surface area is 111 Å². The van der Waals surface area contributed by atoms with Gasteiger partial charge in [0.2, 0.25) is 0 Å². The molecule has 1 N–H and O–H groups in total. The zero-order valence-corrected chi connectivity index (χ0v) is 10.2. The highest BCUT2D eigenvalue weighted by atomic mass is 35.5. The van der Waals surface area contributed by atoms with E-state index in [2.05, 4.69) is 0 Å². The van der Waals surface area contributed by atoms with Crippen molar-refractivity contribution in [1.82, 2.24) is 5.32 Å². The van der Waals surface area contributed by atoms with Gasteiger partial charge in [-0.1, -0.05) is 11.6 Å². The summed E-state index contributed by atoms with van der Waals surface area (Å²) in [6.07, 6.45) is -4.39. The van der Waals surface area contributed by atoms with Crippen LogP contribution in [0, 0.1) is 11.3 Å². The SMILES string of the molecule is N#Cc1ccc(OC(=O)CNCC(F)(F)F)cc1Cl. The number of alkyl halides is 3. The number of ether oxygens (including phenoxy) is 1. The number of esters is 1. The maximum Gasteiger partial charge on any atom is 0.401 e. The van der Waals surface area contributed by atoms with Crippen LogP contribution in [-0.4, -0.2) is 25.2 Å². The zero-order valence-electron chi connectivity index (χ0n) is 9.42. The Bertz CT molecular complexity index is 512. The molecule has 1 aromatic rings. The summed E-state index contributed by atoms with van der Waals surface area (Å²) in [5.41, 5.74) is 0.205. The van der Waals surface area contributed by atoms with E-state index in [9.17, 15) is 18.0 Å². The van der Waals surface area contributed by atoms with Gasteiger partial charge in [-0.05, 0) is 12.1 Å². The largest absolute Gasteiger partial charge is 0.426 e. The van der Waals surface area contributed by atoms with Gasteiger partial charge in [0.1, 0.15) is 11.8 Å². The van der Waals surface area contributed by atoms with Gasteiger partial charge in [0.25, 0.3) is 0 Å². The number of nitrogens with one attached hydrogen (secondary N) is 1. The summed E-state index contributed by atoms with van der Waals surface area (Å²) < 4.78 is 40.2. The molecule has 0 amide bonds. The van der Waals surface area contributed by atoms with Gasteiger partial charge in [0.15, 0.2) is 0 Å². The fraction of sp³-hybridized carbons (Fsp3) is 0.273. The topological polar surface area (TPSA) is 62.1 Å². The van der Waals surface area contributed by atoms with E-state index in [4.69, 9.17) is 21.6 Å². The number of halogens is 4. The molecule has 19 heavy (non-hydrogen) atoms. The van der Waals surface area contributed by atoms with Gasteiger partial charge in [-0.2, -0.15) is 18.4 Å². The van der Waals surface area contributed by atoms with Crippen molar-refractivity contribution in [2.75, 3.05) is 13.1 Å². The van der Waals surface area contributed by atoms with E-state index >= 15 is 0 Å². The lowest BCUT2D eigenvalue weighted by atomic mass is 10.2. The van der Waals surface area contributed by atoms with Crippen molar-refractivity contribution in [3.63, 3.8) is 0 Å². The molecule has 1 aromatic carbocycles. The quantitative estimate of drug-likeness (QED) is 0.683. The van der Waals surface area contributed by atoms with Crippen LogP contribution in [0.15, 0.2) is 18.2 Å². The van der Waals surface area contributed by atoms with Gasteiger partial charge < -0.3 is 4.74 Å². The molecule has 0 radical (unpaired) electrons. The molecule has 0 aliphatic heterocycles. The average molecular weight is 293 g/mol. The molecule has 1 rings (SSSR count). The van der Waals surface area contributed by atoms with E-state index in [0.29, 0.717) is 0 Å². The monoisotopic (exact) mass is 292 g/mol. The minimum Gasteiger partial charge on any atom is -0.426 e. The van der Waals surface area contributed by atoms with Crippen LogP contribution in [0.1, 0.15) is 5.56 Å². The number of nitrogens with zero attached hydrogens (tertiary/aromatic N) is 1. The Morgan fingerprint density at radius 2 is 2.16 bits per heavy atom. The van der Waals surface area contributed by atoms with Gasteiger partial charge >= 0.3 is 12.1 Å². The summed E-state index contributed by atoms with van der Waals surface area (Å²) in [6, 6.07) is 5.72. The van der Waals surface area contributed by atoms with Crippen LogP contribution in [0.5, 0.6) is 5.75 Å². The average Bonchev–Trinajstić information content (AvgIpc) is 2.27. The van der Waals surface area contributed by atoms with E-state index in [1.54, 1.807) is 0 Å². The number of hydrogen-bond donors (Lipinski definition) is 1. The number of rotatable bonds is 4. The number of hydrogen-bond acceptors (Lipinski definition) is 4. The van der Waals surface area contributed by atoms with Crippen molar-refractivity contribution in [3.8, 4) is 11.8 Å². The minimum atomic E-state index is -4.39. The smallest absolute Gasteiger partial charge is 0.401 e. The van der Waals surface area contributed by atoms with Crippen LogP contribution in [0.4, 0.5) is 13.2 Å². The molecule has 0 aliphatic rings. The maximum atomic E-state index is 11.8. The van der Waals surface area contributed by atoms with Crippen LogP contribution in [-0.2, 0) is 4.79 Å². The Kier molecular flexibility index (Phi) is 5.15. The van der Waals surface area contributed by atoms with Crippen LogP contribution in [0.2, 0.25) is 5.02 Å². The summed E-state index contributed by atoms with van der Waals surface area (Å²) in [5, 5.41) is 10.6. The van der Waals surface area contributed by atoms with Gasteiger partial charge in [0, 0.05) is 6.07 Å². The van der Waals surface area contributed by atoms with Crippen molar-refractivity contribution >= 4 is 17.6 Å². The van der Waals surface area contributed by atoms with E-state index in [1.807, 2.05) is 11.4 Å². The second kappa shape index (κ2) is 6.41. The Morgan fingerprint density at radius 1 is 1.47 bits per heavy atom. The first-order chi connectivity index (χ1) is 8.81. The summed E-state index contributed by atoms with van der Waals surface area (Å²) in [5.74, 6) is -0.826. The molecule has 0 aromatic heterocycles.